The minimum absolute atomic E-state index is 0.247. The molecular weight excluding hydrogens is 180 g/mol. The number of nitriles is 1. The maximum atomic E-state index is 9.30. The lowest BCUT2D eigenvalue weighted by molar-refractivity contribution is 0.198. The van der Waals surface area contributed by atoms with E-state index in [1.165, 1.54) is 6.20 Å². The predicted octanol–water partition coefficient (Wildman–Crippen LogP) is 1.41. The first-order valence-electron chi connectivity index (χ1n) is 4.40. The van der Waals surface area contributed by atoms with E-state index in [1.807, 2.05) is 13.0 Å². The van der Waals surface area contributed by atoms with Gasteiger partial charge in [0.25, 0.3) is 0 Å². The largest absolute Gasteiger partial charge is 0.491 e. The van der Waals surface area contributed by atoms with E-state index >= 15 is 0 Å². The summed E-state index contributed by atoms with van der Waals surface area (Å²) in [5, 5.41) is 18.0. The molecule has 1 aromatic rings. The summed E-state index contributed by atoms with van der Waals surface area (Å²) in [5.74, 6) is 0.424. The molecule has 0 saturated carbocycles. The van der Waals surface area contributed by atoms with E-state index in [-0.39, 0.29) is 5.69 Å². The molecule has 0 radical (unpaired) electrons. The topological polar surface area (TPSA) is 66.1 Å². The molecule has 4 heteroatoms. The number of aliphatic hydroxyl groups is 1. The third kappa shape index (κ3) is 2.21. The van der Waals surface area contributed by atoms with Crippen LogP contribution in [0.3, 0.4) is 0 Å². The average molecular weight is 192 g/mol. The van der Waals surface area contributed by atoms with Crippen LogP contribution in [0.5, 0.6) is 5.75 Å². The number of aliphatic hydroxyl groups excluding tert-OH is 1. The van der Waals surface area contributed by atoms with E-state index in [4.69, 9.17) is 10.00 Å². The van der Waals surface area contributed by atoms with Gasteiger partial charge in [-0.2, -0.15) is 5.26 Å². The third-order valence-electron chi connectivity index (χ3n) is 1.76. The zero-order chi connectivity index (χ0) is 10.6. The van der Waals surface area contributed by atoms with Crippen molar-refractivity contribution in [2.24, 2.45) is 0 Å². The van der Waals surface area contributed by atoms with Crippen molar-refractivity contribution in [1.82, 2.24) is 4.98 Å². The van der Waals surface area contributed by atoms with Crippen molar-refractivity contribution in [3.05, 3.63) is 23.5 Å². The van der Waals surface area contributed by atoms with Gasteiger partial charge in [0.2, 0.25) is 0 Å². The zero-order valence-corrected chi connectivity index (χ0v) is 8.19. The van der Waals surface area contributed by atoms with Crippen molar-refractivity contribution in [2.45, 2.75) is 20.0 Å². The van der Waals surface area contributed by atoms with E-state index in [0.29, 0.717) is 17.9 Å². The molecule has 0 saturated heterocycles. The molecule has 1 rings (SSSR count). The number of rotatable bonds is 3. The van der Waals surface area contributed by atoms with Gasteiger partial charge in [-0.3, -0.25) is 0 Å². The molecule has 1 aromatic heterocycles. The monoisotopic (exact) mass is 192 g/mol. The van der Waals surface area contributed by atoms with Crippen LogP contribution in [0.1, 0.15) is 31.2 Å². The summed E-state index contributed by atoms with van der Waals surface area (Å²) in [6, 6.07) is 3.57. The van der Waals surface area contributed by atoms with Crippen LogP contribution in [0.4, 0.5) is 0 Å². The van der Waals surface area contributed by atoms with Crippen LogP contribution < -0.4 is 4.74 Å². The van der Waals surface area contributed by atoms with Crippen LogP contribution in [0.2, 0.25) is 0 Å². The first-order valence-corrected chi connectivity index (χ1v) is 4.40. The Morgan fingerprint density at radius 1 is 1.71 bits per heavy atom. The van der Waals surface area contributed by atoms with Gasteiger partial charge in [0.1, 0.15) is 6.07 Å². The molecule has 0 bridgehead atoms. The summed E-state index contributed by atoms with van der Waals surface area (Å²) in [5.41, 5.74) is 0.892. The average Bonchev–Trinajstić information content (AvgIpc) is 2.18. The Morgan fingerprint density at radius 3 is 2.93 bits per heavy atom. The van der Waals surface area contributed by atoms with Gasteiger partial charge in [0.05, 0.1) is 12.7 Å². The van der Waals surface area contributed by atoms with Crippen molar-refractivity contribution < 1.29 is 9.84 Å². The molecule has 14 heavy (non-hydrogen) atoms. The van der Waals surface area contributed by atoms with Gasteiger partial charge in [-0.1, -0.05) is 0 Å². The first-order chi connectivity index (χ1) is 6.69. The van der Waals surface area contributed by atoms with Gasteiger partial charge < -0.3 is 9.84 Å². The van der Waals surface area contributed by atoms with Crippen LogP contribution in [-0.2, 0) is 0 Å². The second-order valence-electron chi connectivity index (χ2n) is 2.84. The van der Waals surface area contributed by atoms with Crippen molar-refractivity contribution in [2.75, 3.05) is 6.61 Å². The van der Waals surface area contributed by atoms with Crippen molar-refractivity contribution in [3.8, 4) is 11.8 Å². The molecule has 0 aliphatic heterocycles. The Balaban J connectivity index is 3.09. The maximum absolute atomic E-state index is 9.30. The van der Waals surface area contributed by atoms with Crippen LogP contribution in [0, 0.1) is 11.3 Å². The van der Waals surface area contributed by atoms with Crippen molar-refractivity contribution in [1.29, 1.82) is 5.26 Å². The van der Waals surface area contributed by atoms with E-state index in [2.05, 4.69) is 4.98 Å². The van der Waals surface area contributed by atoms with Gasteiger partial charge in [-0.15, -0.1) is 0 Å². The standard InChI is InChI=1S/C10H12N2O2/c1-3-14-10-4-8(7(2)13)6-12-9(10)5-11/h4,6-7,13H,3H2,1-2H3. The number of ether oxygens (including phenoxy) is 1. The summed E-state index contributed by atoms with van der Waals surface area (Å²) < 4.78 is 5.22. The third-order valence-corrected chi connectivity index (χ3v) is 1.76. The molecule has 1 heterocycles. The molecule has 4 nitrogen and oxygen atoms in total. The lowest BCUT2D eigenvalue weighted by Crippen LogP contribution is -2.00. The van der Waals surface area contributed by atoms with Crippen LogP contribution >= 0.6 is 0 Å². The molecular formula is C10H12N2O2. The lowest BCUT2D eigenvalue weighted by Gasteiger charge is -2.08. The molecule has 0 spiro atoms. The van der Waals surface area contributed by atoms with Crippen LogP contribution in [0.15, 0.2) is 12.3 Å². The summed E-state index contributed by atoms with van der Waals surface area (Å²) in [4.78, 5) is 3.89. The fourth-order valence-corrected chi connectivity index (χ4v) is 1.04. The van der Waals surface area contributed by atoms with E-state index in [1.54, 1.807) is 13.0 Å². The second-order valence-corrected chi connectivity index (χ2v) is 2.84. The van der Waals surface area contributed by atoms with Gasteiger partial charge >= 0.3 is 0 Å². The Labute approximate surface area is 82.8 Å². The number of nitrogens with zero attached hydrogens (tertiary/aromatic N) is 2. The Kier molecular flexibility index (Phi) is 3.43. The highest BCUT2D eigenvalue weighted by molar-refractivity contribution is 5.39. The number of hydrogen-bond acceptors (Lipinski definition) is 4. The smallest absolute Gasteiger partial charge is 0.182 e. The van der Waals surface area contributed by atoms with Gasteiger partial charge in [-0.25, -0.2) is 4.98 Å². The highest BCUT2D eigenvalue weighted by Gasteiger charge is 2.08. The predicted molar refractivity (Wildman–Crippen MR) is 50.8 cm³/mol. The Hall–Kier alpha value is -1.60. The zero-order valence-electron chi connectivity index (χ0n) is 8.19. The fraction of sp³-hybridized carbons (Fsp3) is 0.400. The first kappa shape index (κ1) is 10.5. The molecule has 1 atom stereocenters. The fourth-order valence-electron chi connectivity index (χ4n) is 1.04. The summed E-state index contributed by atoms with van der Waals surface area (Å²) in [7, 11) is 0. The molecule has 1 unspecified atom stereocenters. The molecule has 1 N–H and O–H groups in total. The number of pyridine rings is 1. The quantitative estimate of drug-likeness (QED) is 0.786. The van der Waals surface area contributed by atoms with Crippen LogP contribution in [0.25, 0.3) is 0 Å². The Morgan fingerprint density at radius 2 is 2.43 bits per heavy atom. The molecule has 0 aliphatic carbocycles. The lowest BCUT2D eigenvalue weighted by atomic mass is 10.1. The highest BCUT2D eigenvalue weighted by Crippen LogP contribution is 2.21. The number of aromatic nitrogens is 1. The minimum Gasteiger partial charge on any atom is -0.491 e. The summed E-state index contributed by atoms with van der Waals surface area (Å²) >= 11 is 0. The molecule has 0 aliphatic rings. The van der Waals surface area contributed by atoms with Gasteiger partial charge in [0, 0.05) is 11.8 Å². The summed E-state index contributed by atoms with van der Waals surface area (Å²) in [6.45, 7) is 3.94. The second kappa shape index (κ2) is 4.58. The van der Waals surface area contributed by atoms with E-state index < -0.39 is 6.10 Å². The van der Waals surface area contributed by atoms with E-state index in [0.717, 1.165) is 0 Å². The van der Waals surface area contributed by atoms with Gasteiger partial charge in [-0.05, 0) is 19.9 Å². The van der Waals surface area contributed by atoms with Crippen LogP contribution in [-0.4, -0.2) is 16.7 Å². The molecule has 74 valence electrons. The maximum Gasteiger partial charge on any atom is 0.182 e. The number of hydrogen-bond donors (Lipinski definition) is 1. The molecule has 0 aromatic carbocycles. The van der Waals surface area contributed by atoms with Gasteiger partial charge in [0.15, 0.2) is 11.4 Å². The minimum atomic E-state index is -0.602. The van der Waals surface area contributed by atoms with Crippen molar-refractivity contribution in [3.63, 3.8) is 0 Å². The Bertz CT molecular complexity index is 356. The van der Waals surface area contributed by atoms with Crippen molar-refractivity contribution >= 4 is 0 Å². The highest BCUT2D eigenvalue weighted by atomic mass is 16.5. The summed E-state index contributed by atoms with van der Waals surface area (Å²) in [6.07, 6.45) is 0.876. The SMILES string of the molecule is CCOc1cc(C(C)O)cnc1C#N. The molecule has 0 fully saturated rings. The molecule has 0 amide bonds. The normalized spacial score (nSPS) is 11.9. The van der Waals surface area contributed by atoms with E-state index in [9.17, 15) is 5.11 Å².